The fourth-order valence-corrected chi connectivity index (χ4v) is 11.3. The van der Waals surface area contributed by atoms with Crippen molar-refractivity contribution in [3.63, 3.8) is 0 Å². The first-order chi connectivity index (χ1) is 25.1. The topological polar surface area (TPSA) is 146 Å². The summed E-state index contributed by atoms with van der Waals surface area (Å²) in [4.78, 5) is 14.1. The molecule has 290 valence electrons. The molecule has 0 aromatic carbocycles. The molecule has 0 saturated carbocycles. The summed E-state index contributed by atoms with van der Waals surface area (Å²) < 4.78 is 60.0. The molecule has 0 aromatic heterocycles. The van der Waals surface area contributed by atoms with E-state index in [2.05, 4.69) is 20.1 Å². The molecule has 3 unspecified atom stereocenters. The van der Waals surface area contributed by atoms with Gasteiger partial charge in [0.1, 0.15) is 36.3 Å². The van der Waals surface area contributed by atoms with Crippen LogP contribution in [0.1, 0.15) is 90.4 Å². The molecule has 10 rings (SSSR count). The molecule has 12 bridgehead atoms. The van der Waals surface area contributed by atoms with Gasteiger partial charge >= 0.3 is 0 Å². The summed E-state index contributed by atoms with van der Waals surface area (Å²) in [7, 11) is 1.66. The van der Waals surface area contributed by atoms with Crippen molar-refractivity contribution >= 4 is 5.78 Å². The predicted octanol–water partition coefficient (Wildman–Crippen LogP) is 3.44. The van der Waals surface area contributed by atoms with Gasteiger partial charge in [-0.1, -0.05) is 20.1 Å². The second-order valence-corrected chi connectivity index (χ2v) is 17.4. The number of ether oxygens (including phenoxy) is 9. The maximum absolute atomic E-state index is 14.1. The van der Waals surface area contributed by atoms with Gasteiger partial charge in [0, 0.05) is 58.1 Å². The third-order valence-corrected chi connectivity index (χ3v) is 14.0. The lowest BCUT2D eigenvalue weighted by atomic mass is 9.81. The van der Waals surface area contributed by atoms with E-state index >= 15 is 0 Å². The van der Waals surface area contributed by atoms with Crippen molar-refractivity contribution < 1.29 is 52.5 Å². The summed E-state index contributed by atoms with van der Waals surface area (Å²) in [5.41, 5.74) is 8.01. The maximum Gasteiger partial charge on any atom is 0.172 e. The first-order valence-corrected chi connectivity index (χ1v) is 20.2. The van der Waals surface area contributed by atoms with Crippen LogP contribution < -0.4 is 5.73 Å². The van der Waals surface area contributed by atoms with Crippen molar-refractivity contribution in [1.29, 1.82) is 0 Å². The van der Waals surface area contributed by atoms with Crippen molar-refractivity contribution in [1.82, 2.24) is 0 Å². The second-order valence-electron chi connectivity index (χ2n) is 17.4. The third-order valence-electron chi connectivity index (χ3n) is 14.0. The van der Waals surface area contributed by atoms with Gasteiger partial charge in [-0.25, -0.2) is 0 Å². The third kappa shape index (κ3) is 6.59. The van der Waals surface area contributed by atoms with Gasteiger partial charge in [-0.05, 0) is 62.0 Å². The number of ketones is 1. The molecular weight excluding hydrogens is 670 g/mol. The van der Waals surface area contributed by atoms with E-state index in [9.17, 15) is 9.90 Å². The number of rotatable bonds is 4. The van der Waals surface area contributed by atoms with Crippen molar-refractivity contribution in [3.05, 3.63) is 24.3 Å². The van der Waals surface area contributed by atoms with Crippen molar-refractivity contribution in [2.24, 2.45) is 17.6 Å². The minimum Gasteiger partial charge on any atom is -0.392 e. The molecule has 0 radical (unpaired) electrons. The highest BCUT2D eigenvalue weighted by Gasteiger charge is 2.68. The molecule has 3 N–H and O–H groups in total. The number of nitrogens with two attached hydrogens (primary N) is 1. The van der Waals surface area contributed by atoms with Crippen LogP contribution in [0.2, 0.25) is 0 Å². The van der Waals surface area contributed by atoms with Gasteiger partial charge in [-0.2, -0.15) is 0 Å². The summed E-state index contributed by atoms with van der Waals surface area (Å²) in [6.07, 6.45) is 4.85. The molecule has 0 amide bonds. The number of aliphatic hydroxyl groups excluding tert-OH is 1. The Labute approximate surface area is 307 Å². The van der Waals surface area contributed by atoms with Crippen LogP contribution in [0.5, 0.6) is 0 Å². The summed E-state index contributed by atoms with van der Waals surface area (Å²) in [6, 6.07) is 0. The van der Waals surface area contributed by atoms with Crippen LogP contribution in [-0.2, 0) is 47.4 Å². The number of methoxy groups -OCH3 is 1. The number of carbonyl (C=O) groups excluding carboxylic acids is 1. The molecule has 10 heterocycles. The smallest absolute Gasteiger partial charge is 0.172 e. The van der Waals surface area contributed by atoms with Gasteiger partial charge in [-0.3, -0.25) is 4.79 Å². The summed E-state index contributed by atoms with van der Waals surface area (Å²) in [5.74, 6) is -0.619. The lowest BCUT2D eigenvalue weighted by Crippen LogP contribution is -2.61. The second kappa shape index (κ2) is 14.3. The average Bonchev–Trinajstić information content (AvgIpc) is 3.79. The molecule has 0 aliphatic carbocycles. The molecule has 19 atom stereocenters. The predicted molar refractivity (Wildman–Crippen MR) is 186 cm³/mol. The number of carbonyl (C=O) groups is 1. The Morgan fingerprint density at radius 2 is 1.56 bits per heavy atom. The Morgan fingerprint density at radius 1 is 0.808 bits per heavy atom. The minimum atomic E-state index is -0.780. The number of hydrogen-bond donors (Lipinski definition) is 2. The standard InChI is InChI=1S/C40H59NO11/c1-19-11-24-5-7-28-20(2)12-26(45-28)9-10-40-17-33-36(51-40)37-38(50-33)39(52-40)35-29(49-37)8-6-25(47-35)13-22(42)14-27-31(16-30(46-24)21(19)3)48-32(34(27)44-4)15-23(43)18-41/h19,23-39,43H,2-3,5-18,41H2,1,4H3/t19-,23+,24?,25-,26+,27?,28+,29+,30-,31+,32-,33?,34-,35+,36+,37+,38-,39+,40+/m1/s1. The zero-order valence-corrected chi connectivity index (χ0v) is 30.8. The van der Waals surface area contributed by atoms with Crippen LogP contribution in [0.3, 0.4) is 0 Å². The van der Waals surface area contributed by atoms with Gasteiger partial charge in [-0.15, -0.1) is 0 Å². The highest BCUT2D eigenvalue weighted by atomic mass is 16.8. The quantitative estimate of drug-likeness (QED) is 0.409. The van der Waals surface area contributed by atoms with E-state index < -0.39 is 18.0 Å². The summed E-state index contributed by atoms with van der Waals surface area (Å²) in [6.45, 7) is 11.3. The van der Waals surface area contributed by atoms with E-state index in [-0.39, 0.29) is 122 Å². The van der Waals surface area contributed by atoms with E-state index in [0.29, 0.717) is 25.7 Å². The Balaban J connectivity index is 0.994. The lowest BCUT2D eigenvalue weighted by molar-refractivity contribution is -0.292. The minimum absolute atomic E-state index is 0.0158. The molecule has 10 aliphatic rings. The molecule has 0 aromatic rings. The Kier molecular flexibility index (Phi) is 10.0. The fraction of sp³-hybridized carbons (Fsp3) is 0.875. The molecule has 12 nitrogen and oxygen atoms in total. The van der Waals surface area contributed by atoms with Crippen molar-refractivity contribution in [2.75, 3.05) is 13.7 Å². The number of aliphatic hydroxyl groups is 1. The SMILES string of the molecule is C=C1C[C@@H]2CC[C@@]34CC5O[C@H]6[C@@H](O3)[C@H]3O[C@H](CC[C@@H]3O[C@H]6[C@H]5O4)CC(=O)CC3[C@H](C[C@H]4OC(CC[C@@H]1O2)C[C@@H](C)C4=C)O[C@H](C[C@H](O)CN)[C@@H]3OC. The van der Waals surface area contributed by atoms with Gasteiger partial charge in [0.2, 0.25) is 0 Å². The van der Waals surface area contributed by atoms with Crippen LogP contribution in [0, 0.1) is 11.8 Å². The molecule has 10 fully saturated rings. The first kappa shape index (κ1) is 36.4. The van der Waals surface area contributed by atoms with E-state index in [1.807, 2.05) is 0 Å². The van der Waals surface area contributed by atoms with Gasteiger partial charge < -0.3 is 53.5 Å². The summed E-state index contributed by atoms with van der Waals surface area (Å²) in [5, 5.41) is 10.5. The van der Waals surface area contributed by atoms with Crippen LogP contribution >= 0.6 is 0 Å². The molecule has 10 aliphatic heterocycles. The van der Waals surface area contributed by atoms with Crippen LogP contribution in [0.25, 0.3) is 0 Å². The zero-order valence-electron chi connectivity index (χ0n) is 30.8. The Morgan fingerprint density at radius 3 is 2.38 bits per heavy atom. The van der Waals surface area contributed by atoms with E-state index in [0.717, 1.165) is 56.1 Å². The number of Topliss-reactive ketones (excluding diaryl/α,β-unsaturated/α-hetero) is 1. The highest BCUT2D eigenvalue weighted by molar-refractivity contribution is 5.79. The van der Waals surface area contributed by atoms with Crippen LogP contribution in [0.15, 0.2) is 24.3 Å². The largest absolute Gasteiger partial charge is 0.392 e. The van der Waals surface area contributed by atoms with E-state index in [4.69, 9.17) is 48.4 Å². The molecule has 12 heteroatoms. The van der Waals surface area contributed by atoms with E-state index in [1.165, 1.54) is 0 Å². The van der Waals surface area contributed by atoms with Crippen molar-refractivity contribution in [2.45, 2.75) is 194 Å². The highest BCUT2D eigenvalue weighted by Crippen LogP contribution is 2.54. The average molecular weight is 730 g/mol. The van der Waals surface area contributed by atoms with Crippen molar-refractivity contribution in [3.8, 4) is 0 Å². The molecule has 10 saturated heterocycles. The van der Waals surface area contributed by atoms with Gasteiger partial charge in [0.25, 0.3) is 0 Å². The molecular formula is C40H59NO11. The number of hydrogen-bond acceptors (Lipinski definition) is 12. The Bertz CT molecular complexity index is 1380. The fourth-order valence-electron chi connectivity index (χ4n) is 11.3. The van der Waals surface area contributed by atoms with Gasteiger partial charge in [0.15, 0.2) is 5.79 Å². The zero-order chi connectivity index (χ0) is 35.9. The van der Waals surface area contributed by atoms with Crippen LogP contribution in [-0.4, -0.2) is 128 Å². The normalized spacial score (nSPS) is 52.4. The number of fused-ring (bicyclic) bond motifs is 6. The molecule has 1 spiro atoms. The lowest BCUT2D eigenvalue weighted by Gasteiger charge is -2.47. The summed E-state index contributed by atoms with van der Waals surface area (Å²) >= 11 is 0. The first-order valence-electron chi connectivity index (χ1n) is 20.2. The molecule has 52 heavy (non-hydrogen) atoms. The van der Waals surface area contributed by atoms with Crippen LogP contribution in [0.4, 0.5) is 0 Å². The Hall–Kier alpha value is -1.29. The monoisotopic (exact) mass is 729 g/mol. The van der Waals surface area contributed by atoms with Gasteiger partial charge in [0.05, 0.1) is 67.1 Å². The maximum atomic E-state index is 14.1. The van der Waals surface area contributed by atoms with E-state index in [1.54, 1.807) is 7.11 Å².